The summed E-state index contributed by atoms with van der Waals surface area (Å²) in [5.74, 6) is 0.585. The first-order valence-corrected chi connectivity index (χ1v) is 17.6. The van der Waals surface area contributed by atoms with Gasteiger partial charge in [0.15, 0.2) is 41.4 Å². The highest BCUT2D eigenvalue weighted by molar-refractivity contribution is 5.60. The van der Waals surface area contributed by atoms with E-state index in [-0.39, 0.29) is 34.6 Å². The highest BCUT2D eigenvalue weighted by Gasteiger charge is 2.48. The lowest BCUT2D eigenvalue weighted by Gasteiger charge is -2.12. The van der Waals surface area contributed by atoms with Crippen molar-refractivity contribution in [1.82, 2.24) is 58.7 Å². The van der Waals surface area contributed by atoms with Crippen molar-refractivity contribution >= 4 is 34.5 Å². The summed E-state index contributed by atoms with van der Waals surface area (Å²) in [5.41, 5.74) is 17.5. The SMILES string of the molecule is Cc1nc(N)c2ncc([C@@H]3O[C@H](CO)[C@@H](O)[C@H]3F)n2n1.Nc1ncnn2c([C@@H]3O[C@H](CO)[C@@H](O)[C@H]3F)cnc12.Nc1nn2c([C@@H]3O[C@H](CO)[C@@H](O)[C@H]3F)cnc2c(=O)[nH]1. The van der Waals surface area contributed by atoms with Gasteiger partial charge in [-0.15, -0.1) is 5.10 Å². The molecule has 9 heterocycles. The number of nitrogens with two attached hydrogens (primary N) is 3. The Balaban J connectivity index is 0.000000134. The van der Waals surface area contributed by atoms with Crippen LogP contribution in [0.25, 0.3) is 16.9 Å². The van der Waals surface area contributed by atoms with Gasteiger partial charge < -0.3 is 62.1 Å². The highest BCUT2D eigenvalue weighted by Crippen LogP contribution is 2.38. The number of hydrogen-bond donors (Lipinski definition) is 10. The Hall–Kier alpha value is -5.72. The zero-order chi connectivity index (χ0) is 42.4. The topological polar surface area (TPSA) is 376 Å². The number of alkyl halides is 3. The van der Waals surface area contributed by atoms with Crippen molar-refractivity contribution < 1.29 is 58.0 Å². The lowest BCUT2D eigenvalue weighted by Crippen LogP contribution is -2.30. The minimum atomic E-state index is -1.77. The summed E-state index contributed by atoms with van der Waals surface area (Å²) in [4.78, 5) is 33.5. The number of hydrogen-bond acceptors (Lipinski definition) is 21. The molecule has 3 aliphatic heterocycles. The van der Waals surface area contributed by atoms with Crippen molar-refractivity contribution in [2.45, 2.75) is 80.4 Å². The van der Waals surface area contributed by atoms with Crippen LogP contribution in [0.5, 0.6) is 0 Å². The molecule has 0 aromatic carbocycles. The molecule has 0 bridgehead atoms. The van der Waals surface area contributed by atoms with Gasteiger partial charge in [0.05, 0.1) is 55.5 Å². The van der Waals surface area contributed by atoms with Gasteiger partial charge in [-0.1, -0.05) is 0 Å². The largest absolute Gasteiger partial charge is 0.394 e. The summed E-state index contributed by atoms with van der Waals surface area (Å²) in [6.45, 7) is 0.190. The summed E-state index contributed by atoms with van der Waals surface area (Å²) in [7, 11) is 0. The average molecular weight is 838 g/mol. The molecule has 6 aromatic heterocycles. The van der Waals surface area contributed by atoms with Gasteiger partial charge in [-0.3, -0.25) is 9.78 Å². The number of aryl methyl sites for hydroxylation is 1. The Morgan fingerprint density at radius 2 is 1.08 bits per heavy atom. The molecule has 0 amide bonds. The molecule has 59 heavy (non-hydrogen) atoms. The number of rotatable bonds is 6. The monoisotopic (exact) mass is 837 g/mol. The number of imidazole rings is 3. The third-order valence-electron chi connectivity index (χ3n) is 9.66. The molecule has 0 aliphatic carbocycles. The Morgan fingerprint density at radius 3 is 1.54 bits per heavy atom. The van der Waals surface area contributed by atoms with Crippen LogP contribution in [0, 0.1) is 6.92 Å². The van der Waals surface area contributed by atoms with E-state index in [1.807, 2.05) is 0 Å². The van der Waals surface area contributed by atoms with E-state index < -0.39 is 98.8 Å². The number of aliphatic hydroxyl groups is 6. The number of H-pyrrole nitrogens is 1. The van der Waals surface area contributed by atoms with E-state index in [0.29, 0.717) is 22.9 Å². The maximum absolute atomic E-state index is 14.1. The molecule has 0 saturated carbocycles. The van der Waals surface area contributed by atoms with E-state index in [1.54, 1.807) is 6.92 Å². The maximum atomic E-state index is 14.1. The molecule has 3 saturated heterocycles. The van der Waals surface area contributed by atoms with Crippen LogP contribution in [-0.4, -0.2) is 164 Å². The summed E-state index contributed by atoms with van der Waals surface area (Å²) in [6, 6.07) is 0. The molecule has 318 valence electrons. The maximum Gasteiger partial charge on any atom is 0.295 e. The van der Waals surface area contributed by atoms with Crippen molar-refractivity contribution in [3.05, 3.63) is 58.2 Å². The molecular formula is C31H38F3N15O10. The van der Waals surface area contributed by atoms with Crippen LogP contribution in [0.1, 0.15) is 41.2 Å². The van der Waals surface area contributed by atoms with Crippen LogP contribution in [0.15, 0.2) is 29.7 Å². The van der Waals surface area contributed by atoms with Gasteiger partial charge in [0.1, 0.15) is 67.1 Å². The minimum absolute atomic E-state index is 0.0630. The van der Waals surface area contributed by atoms with E-state index >= 15 is 0 Å². The predicted molar refractivity (Wildman–Crippen MR) is 190 cm³/mol. The number of aromatic amines is 1. The Bertz CT molecular complexity index is 2490. The first kappa shape index (κ1) is 41.4. The van der Waals surface area contributed by atoms with E-state index in [2.05, 4.69) is 45.2 Å². The number of nitrogen functional groups attached to an aromatic ring is 3. The van der Waals surface area contributed by atoms with Gasteiger partial charge in [-0.2, -0.15) is 10.2 Å². The molecule has 12 atom stereocenters. The fourth-order valence-corrected chi connectivity index (χ4v) is 6.72. The summed E-state index contributed by atoms with van der Waals surface area (Å²) in [6.07, 6.45) is -10.5. The molecule has 6 aromatic rings. The quantitative estimate of drug-likeness (QED) is 0.0767. The second kappa shape index (κ2) is 16.5. The predicted octanol–water partition coefficient (Wildman–Crippen LogP) is -3.89. The molecule has 0 spiro atoms. The lowest BCUT2D eigenvalue weighted by molar-refractivity contribution is -0.0241. The first-order valence-electron chi connectivity index (χ1n) is 17.6. The molecular weight excluding hydrogens is 799 g/mol. The van der Waals surface area contributed by atoms with Crippen molar-refractivity contribution in [3.8, 4) is 0 Å². The average Bonchev–Trinajstić information content (AvgIpc) is 4.07. The lowest BCUT2D eigenvalue weighted by atomic mass is 10.1. The Kier molecular flexibility index (Phi) is 11.6. The highest BCUT2D eigenvalue weighted by atomic mass is 19.1. The fourth-order valence-electron chi connectivity index (χ4n) is 6.72. The molecule has 3 fully saturated rings. The number of ether oxygens (including phenoxy) is 3. The zero-order valence-corrected chi connectivity index (χ0v) is 30.5. The second-order valence-electron chi connectivity index (χ2n) is 13.4. The molecule has 28 heteroatoms. The van der Waals surface area contributed by atoms with Gasteiger partial charge in [0.25, 0.3) is 5.56 Å². The van der Waals surface area contributed by atoms with Crippen molar-refractivity contribution in [3.63, 3.8) is 0 Å². The summed E-state index contributed by atoms with van der Waals surface area (Å²) in [5, 5.41) is 67.8. The van der Waals surface area contributed by atoms with Crippen molar-refractivity contribution in [2.24, 2.45) is 0 Å². The minimum Gasteiger partial charge on any atom is -0.394 e. The van der Waals surface area contributed by atoms with Crippen LogP contribution in [-0.2, 0) is 14.2 Å². The van der Waals surface area contributed by atoms with Crippen LogP contribution < -0.4 is 22.8 Å². The molecule has 0 radical (unpaired) electrons. The Morgan fingerprint density at radius 1 is 0.661 bits per heavy atom. The number of fused-ring (bicyclic) bond motifs is 3. The fraction of sp³-hybridized carbons (Fsp3) is 0.516. The zero-order valence-electron chi connectivity index (χ0n) is 30.5. The van der Waals surface area contributed by atoms with Crippen LogP contribution in [0.2, 0.25) is 0 Å². The van der Waals surface area contributed by atoms with E-state index in [4.69, 9.17) is 46.7 Å². The number of aromatic nitrogens is 12. The van der Waals surface area contributed by atoms with Gasteiger partial charge in [0.2, 0.25) is 11.6 Å². The molecule has 25 nitrogen and oxygen atoms in total. The number of halogens is 3. The van der Waals surface area contributed by atoms with Gasteiger partial charge >= 0.3 is 0 Å². The molecule has 13 N–H and O–H groups in total. The van der Waals surface area contributed by atoms with E-state index in [1.165, 1.54) is 33.9 Å². The van der Waals surface area contributed by atoms with Gasteiger partial charge in [0, 0.05) is 0 Å². The third-order valence-corrected chi connectivity index (χ3v) is 9.66. The molecule has 0 unspecified atom stereocenters. The summed E-state index contributed by atoms with van der Waals surface area (Å²) < 4.78 is 61.7. The van der Waals surface area contributed by atoms with Crippen molar-refractivity contribution in [1.29, 1.82) is 0 Å². The molecule has 9 rings (SSSR count). The normalized spacial score (nSPS) is 30.5. The number of nitrogens with zero attached hydrogens (tertiary/aromatic N) is 11. The standard InChI is InChI=1S/C11H14FN5O3.C10H12FN5O4.C10H12FN5O3/c1-4-15-10(13)11-14-2-5(17(11)16-4)9-7(12)8(19)6(3-18)20-9;11-5-6(18)4(2-17)20-7(5)3-1-13-8-9(19)14-10(12)15-16(3)8;11-6-7(18)5(2-17)19-8(6)4-1-13-10-9(12)14-3-15-16(4)10/h2,6-9,18-19H,3H2,1H3,(H2,13,15,16);1,4-7,17-18H,2H2,(H3,12,14,15,19);1,3,5-8,17-18H,2H2,(H2,12,14,15)/t6-,7-,8-,9+;4-,5-,6-,7+;5-,6-,7-,8+/m111/s1. The van der Waals surface area contributed by atoms with Gasteiger partial charge in [-0.05, 0) is 6.92 Å². The molecule has 3 aliphatic rings. The third kappa shape index (κ3) is 7.44. The van der Waals surface area contributed by atoms with Crippen LogP contribution in [0.3, 0.4) is 0 Å². The van der Waals surface area contributed by atoms with Crippen molar-refractivity contribution in [2.75, 3.05) is 37.0 Å². The second-order valence-corrected chi connectivity index (χ2v) is 13.4. The summed E-state index contributed by atoms with van der Waals surface area (Å²) >= 11 is 0. The number of aliphatic hydroxyl groups excluding tert-OH is 6. The Labute approximate surface area is 326 Å². The van der Waals surface area contributed by atoms with E-state index in [9.17, 15) is 33.3 Å². The van der Waals surface area contributed by atoms with E-state index in [0.717, 1.165) is 4.52 Å². The smallest absolute Gasteiger partial charge is 0.295 e. The number of anilines is 3. The van der Waals surface area contributed by atoms with Crippen LogP contribution in [0.4, 0.5) is 30.8 Å². The first-order chi connectivity index (χ1) is 28.2. The van der Waals surface area contributed by atoms with Crippen LogP contribution >= 0.6 is 0 Å². The number of nitrogens with one attached hydrogen (secondary N) is 1. The van der Waals surface area contributed by atoms with Gasteiger partial charge in [-0.25, -0.2) is 51.6 Å².